The molecule has 0 aliphatic carbocycles. The third-order valence-corrected chi connectivity index (χ3v) is 4.54. The van der Waals surface area contributed by atoms with Crippen LogP contribution in [0.3, 0.4) is 0 Å². The van der Waals surface area contributed by atoms with Crippen LogP contribution < -0.4 is 5.32 Å². The Balaban J connectivity index is 2.08. The lowest BCUT2D eigenvalue weighted by molar-refractivity contribution is 0.136. The van der Waals surface area contributed by atoms with E-state index in [1.807, 2.05) is 0 Å². The maximum atomic E-state index is 3.49. The van der Waals surface area contributed by atoms with E-state index < -0.39 is 0 Å². The lowest BCUT2D eigenvalue weighted by atomic mass is 9.90. The number of nitrogens with zero attached hydrogens (tertiary/aromatic N) is 1. The fraction of sp³-hybridized carbons (Fsp3) is 1.00. The van der Waals surface area contributed by atoms with Crippen LogP contribution in [-0.4, -0.2) is 37.6 Å². The molecule has 2 unspecified atom stereocenters. The summed E-state index contributed by atoms with van der Waals surface area (Å²) in [5.41, 5.74) is 0. The standard InChI is InChI=1S/C16H34N2/c1-4-6-7-8-9-10-12-18-13-11-16(17-3)15(5-2)14-18/h15-17H,4-14H2,1-3H3. The summed E-state index contributed by atoms with van der Waals surface area (Å²) < 4.78 is 0. The molecule has 18 heavy (non-hydrogen) atoms. The number of likely N-dealkylation sites (tertiary alicyclic amines) is 1. The average molecular weight is 254 g/mol. The van der Waals surface area contributed by atoms with Gasteiger partial charge < -0.3 is 10.2 Å². The minimum atomic E-state index is 0.760. The first-order valence-corrected chi connectivity index (χ1v) is 8.21. The largest absolute Gasteiger partial charge is 0.317 e. The number of hydrogen-bond donors (Lipinski definition) is 1. The van der Waals surface area contributed by atoms with Crippen molar-refractivity contribution in [2.24, 2.45) is 5.92 Å². The van der Waals surface area contributed by atoms with Gasteiger partial charge in [-0.15, -0.1) is 0 Å². The highest BCUT2D eigenvalue weighted by Crippen LogP contribution is 2.20. The van der Waals surface area contributed by atoms with Crippen LogP contribution >= 0.6 is 0 Å². The second-order valence-electron chi connectivity index (χ2n) is 5.92. The zero-order valence-electron chi connectivity index (χ0n) is 12.9. The van der Waals surface area contributed by atoms with E-state index in [2.05, 4.69) is 31.1 Å². The highest BCUT2D eigenvalue weighted by Gasteiger charge is 2.26. The lowest BCUT2D eigenvalue weighted by Crippen LogP contribution is -2.48. The van der Waals surface area contributed by atoms with E-state index in [1.54, 1.807) is 0 Å². The molecule has 2 atom stereocenters. The van der Waals surface area contributed by atoms with E-state index >= 15 is 0 Å². The second-order valence-corrected chi connectivity index (χ2v) is 5.92. The summed E-state index contributed by atoms with van der Waals surface area (Å²) in [6.45, 7) is 8.58. The Labute approximate surface area is 115 Å². The van der Waals surface area contributed by atoms with E-state index in [-0.39, 0.29) is 0 Å². The average Bonchev–Trinajstić information content (AvgIpc) is 2.42. The van der Waals surface area contributed by atoms with E-state index in [1.165, 1.54) is 71.0 Å². The van der Waals surface area contributed by atoms with Crippen molar-refractivity contribution in [1.82, 2.24) is 10.2 Å². The van der Waals surface area contributed by atoms with Crippen LogP contribution in [0.25, 0.3) is 0 Å². The predicted octanol–water partition coefficient (Wildman–Crippen LogP) is 3.67. The van der Waals surface area contributed by atoms with Gasteiger partial charge in [0.2, 0.25) is 0 Å². The molecule has 108 valence electrons. The van der Waals surface area contributed by atoms with Gasteiger partial charge in [0.25, 0.3) is 0 Å². The third kappa shape index (κ3) is 5.71. The molecule has 1 N–H and O–H groups in total. The van der Waals surface area contributed by atoms with Gasteiger partial charge in [0.1, 0.15) is 0 Å². The number of unbranched alkanes of at least 4 members (excludes halogenated alkanes) is 5. The number of hydrogen-bond acceptors (Lipinski definition) is 2. The lowest BCUT2D eigenvalue weighted by Gasteiger charge is -2.38. The van der Waals surface area contributed by atoms with Gasteiger partial charge in [-0.1, -0.05) is 52.4 Å². The topological polar surface area (TPSA) is 15.3 Å². The van der Waals surface area contributed by atoms with Gasteiger partial charge in [0.05, 0.1) is 0 Å². The van der Waals surface area contributed by atoms with Crippen molar-refractivity contribution in [2.75, 3.05) is 26.7 Å². The van der Waals surface area contributed by atoms with Crippen molar-refractivity contribution in [3.8, 4) is 0 Å². The van der Waals surface area contributed by atoms with Gasteiger partial charge in [-0.2, -0.15) is 0 Å². The van der Waals surface area contributed by atoms with Gasteiger partial charge in [0, 0.05) is 12.6 Å². The predicted molar refractivity (Wildman–Crippen MR) is 81.1 cm³/mol. The minimum absolute atomic E-state index is 0.760. The van der Waals surface area contributed by atoms with Crippen molar-refractivity contribution in [1.29, 1.82) is 0 Å². The molecule has 0 amide bonds. The molecule has 0 spiro atoms. The minimum Gasteiger partial charge on any atom is -0.317 e. The molecule has 0 saturated carbocycles. The summed E-state index contributed by atoms with van der Waals surface area (Å²) in [6, 6.07) is 0.760. The van der Waals surface area contributed by atoms with Crippen molar-refractivity contribution >= 4 is 0 Å². The molecule has 2 nitrogen and oxygen atoms in total. The molecule has 1 heterocycles. The van der Waals surface area contributed by atoms with Crippen molar-refractivity contribution < 1.29 is 0 Å². The van der Waals surface area contributed by atoms with Gasteiger partial charge in [-0.25, -0.2) is 0 Å². The molecule has 1 aliphatic heterocycles. The fourth-order valence-electron chi connectivity index (χ4n) is 3.22. The van der Waals surface area contributed by atoms with E-state index in [9.17, 15) is 0 Å². The summed E-state index contributed by atoms with van der Waals surface area (Å²) in [5, 5.41) is 3.49. The van der Waals surface area contributed by atoms with Crippen molar-refractivity contribution in [3.05, 3.63) is 0 Å². The Kier molecular flexibility index (Phi) is 8.70. The Hall–Kier alpha value is -0.0800. The van der Waals surface area contributed by atoms with Crippen LogP contribution in [0.5, 0.6) is 0 Å². The van der Waals surface area contributed by atoms with Crippen LogP contribution in [0.4, 0.5) is 0 Å². The Morgan fingerprint density at radius 1 is 1.06 bits per heavy atom. The van der Waals surface area contributed by atoms with Crippen molar-refractivity contribution in [2.45, 2.75) is 71.3 Å². The third-order valence-electron chi connectivity index (χ3n) is 4.54. The van der Waals surface area contributed by atoms with Crippen molar-refractivity contribution in [3.63, 3.8) is 0 Å². The van der Waals surface area contributed by atoms with Gasteiger partial charge >= 0.3 is 0 Å². The quantitative estimate of drug-likeness (QED) is 0.632. The van der Waals surface area contributed by atoms with Gasteiger partial charge in [-0.3, -0.25) is 0 Å². The van der Waals surface area contributed by atoms with Crippen LogP contribution in [0, 0.1) is 5.92 Å². The second kappa shape index (κ2) is 9.80. The number of piperidine rings is 1. The summed E-state index contributed by atoms with van der Waals surface area (Å²) in [6.07, 6.45) is 11.2. The highest BCUT2D eigenvalue weighted by atomic mass is 15.1. The zero-order chi connectivity index (χ0) is 13.2. The molecular formula is C16H34N2. The highest BCUT2D eigenvalue weighted by molar-refractivity contribution is 4.83. The monoisotopic (exact) mass is 254 g/mol. The molecule has 0 aromatic heterocycles. The maximum Gasteiger partial charge on any atom is 0.0117 e. The van der Waals surface area contributed by atoms with Crippen LogP contribution in [0.1, 0.15) is 65.2 Å². The first-order chi connectivity index (χ1) is 8.81. The first-order valence-electron chi connectivity index (χ1n) is 8.21. The zero-order valence-corrected chi connectivity index (χ0v) is 12.9. The normalized spacial score (nSPS) is 25.5. The maximum absolute atomic E-state index is 3.49. The van der Waals surface area contributed by atoms with Gasteiger partial charge in [0.15, 0.2) is 0 Å². The van der Waals surface area contributed by atoms with E-state index in [0.29, 0.717) is 0 Å². The fourth-order valence-corrected chi connectivity index (χ4v) is 3.22. The molecule has 0 radical (unpaired) electrons. The molecule has 1 fully saturated rings. The molecule has 2 heteroatoms. The molecule has 1 rings (SSSR count). The van der Waals surface area contributed by atoms with Crippen LogP contribution in [0.15, 0.2) is 0 Å². The Bertz CT molecular complexity index is 194. The van der Waals surface area contributed by atoms with Gasteiger partial charge in [-0.05, 0) is 38.9 Å². The first kappa shape index (κ1) is 16.0. The summed E-state index contributed by atoms with van der Waals surface area (Å²) in [7, 11) is 2.12. The van der Waals surface area contributed by atoms with Crippen LogP contribution in [-0.2, 0) is 0 Å². The molecule has 0 aromatic carbocycles. The van der Waals surface area contributed by atoms with Crippen LogP contribution in [0.2, 0.25) is 0 Å². The Morgan fingerprint density at radius 2 is 1.78 bits per heavy atom. The summed E-state index contributed by atoms with van der Waals surface area (Å²) in [4.78, 5) is 2.70. The molecular weight excluding hydrogens is 220 g/mol. The molecule has 0 aromatic rings. The molecule has 1 saturated heterocycles. The Morgan fingerprint density at radius 3 is 2.44 bits per heavy atom. The van der Waals surface area contributed by atoms with E-state index in [4.69, 9.17) is 0 Å². The van der Waals surface area contributed by atoms with E-state index in [0.717, 1.165) is 12.0 Å². The number of nitrogens with one attached hydrogen (secondary N) is 1. The smallest absolute Gasteiger partial charge is 0.0117 e. The number of rotatable bonds is 9. The summed E-state index contributed by atoms with van der Waals surface area (Å²) in [5.74, 6) is 0.865. The molecule has 1 aliphatic rings. The SMILES string of the molecule is CCCCCCCCN1CCC(NC)C(CC)C1. The summed E-state index contributed by atoms with van der Waals surface area (Å²) >= 11 is 0. The molecule has 0 bridgehead atoms.